The van der Waals surface area contributed by atoms with E-state index in [0.717, 1.165) is 62.7 Å². The van der Waals surface area contributed by atoms with Gasteiger partial charge in [0.25, 0.3) is 6.43 Å². The van der Waals surface area contributed by atoms with E-state index in [2.05, 4.69) is 5.32 Å². The normalized spacial score (nSPS) is 24.5. The van der Waals surface area contributed by atoms with Crippen molar-refractivity contribution < 1.29 is 27.0 Å². The molecule has 3 aromatic carbocycles. The highest BCUT2D eigenvalue weighted by atomic mass is 19.3. The molecule has 0 amide bonds. The lowest BCUT2D eigenvalue weighted by atomic mass is 9.71. The number of hydrogen-bond donors (Lipinski definition) is 1. The summed E-state index contributed by atoms with van der Waals surface area (Å²) in [5, 5.41) is 3.52. The van der Waals surface area contributed by atoms with Crippen LogP contribution in [0.25, 0.3) is 0 Å². The number of hydrogen-bond acceptors (Lipinski definition) is 4. The predicted molar refractivity (Wildman–Crippen MR) is 168 cm³/mol. The topological polar surface area (TPSA) is 33.7 Å². The first-order valence-corrected chi connectivity index (χ1v) is 16.6. The van der Waals surface area contributed by atoms with Crippen molar-refractivity contribution in [1.82, 2.24) is 10.2 Å². The van der Waals surface area contributed by atoms with Gasteiger partial charge < -0.3 is 14.8 Å². The number of benzene rings is 3. The van der Waals surface area contributed by atoms with E-state index in [1.54, 1.807) is 12.1 Å². The molecule has 2 fully saturated rings. The van der Waals surface area contributed by atoms with Gasteiger partial charge in [0.1, 0.15) is 29.7 Å². The Hall–Kier alpha value is -3.10. The van der Waals surface area contributed by atoms with E-state index in [1.165, 1.54) is 36.3 Å². The quantitative estimate of drug-likeness (QED) is 0.255. The highest BCUT2D eigenvalue weighted by Crippen LogP contribution is 2.43. The second-order valence-corrected chi connectivity index (χ2v) is 13.1. The standard InChI is InChI=1S/C37H44F4N2O2/c38-32-22-30(45-28-9-4-14-37(15-5-10-28)16-6-18-42-19-17-37)23-33(39)35(32)36-31-12-11-29(44-25-26-7-2-1-3-8-26)21-27(31)13-20-43(36)24-34(40)41/h1-3,7-8,11-12,21-23,28,34,36,42H,4-6,9-10,13-20,24-25H2. The number of halogens is 4. The van der Waals surface area contributed by atoms with Gasteiger partial charge >= 0.3 is 0 Å². The smallest absolute Gasteiger partial charge is 0.251 e. The van der Waals surface area contributed by atoms with Crippen molar-refractivity contribution in [3.05, 3.63) is 94.6 Å². The minimum absolute atomic E-state index is 0.101. The number of rotatable bonds is 8. The van der Waals surface area contributed by atoms with E-state index in [1.807, 2.05) is 36.4 Å². The summed E-state index contributed by atoms with van der Waals surface area (Å²) >= 11 is 0. The van der Waals surface area contributed by atoms with Gasteiger partial charge in [-0.15, -0.1) is 0 Å². The van der Waals surface area contributed by atoms with E-state index in [0.29, 0.717) is 29.8 Å². The second kappa shape index (κ2) is 14.5. The lowest BCUT2D eigenvalue weighted by Crippen LogP contribution is -2.40. The fourth-order valence-corrected chi connectivity index (χ4v) is 7.77. The largest absolute Gasteiger partial charge is 0.490 e. The van der Waals surface area contributed by atoms with Crippen LogP contribution in [0.5, 0.6) is 11.5 Å². The lowest BCUT2D eigenvalue weighted by Gasteiger charge is -2.38. The van der Waals surface area contributed by atoms with E-state index >= 15 is 8.78 Å². The van der Waals surface area contributed by atoms with Crippen LogP contribution in [0, 0.1) is 17.0 Å². The van der Waals surface area contributed by atoms with Crippen molar-refractivity contribution in [2.45, 2.75) is 89.4 Å². The second-order valence-electron chi connectivity index (χ2n) is 13.1. The van der Waals surface area contributed by atoms with Crippen molar-refractivity contribution in [2.24, 2.45) is 5.41 Å². The van der Waals surface area contributed by atoms with Crippen LogP contribution in [0.2, 0.25) is 0 Å². The van der Waals surface area contributed by atoms with Gasteiger partial charge in [0.2, 0.25) is 0 Å². The van der Waals surface area contributed by atoms with Crippen molar-refractivity contribution in [1.29, 1.82) is 0 Å². The highest BCUT2D eigenvalue weighted by Gasteiger charge is 2.36. The summed E-state index contributed by atoms with van der Waals surface area (Å²) in [7, 11) is 0. The van der Waals surface area contributed by atoms with Crippen LogP contribution >= 0.6 is 0 Å². The van der Waals surface area contributed by atoms with Crippen LogP contribution in [-0.2, 0) is 13.0 Å². The first-order valence-electron chi connectivity index (χ1n) is 16.6. The molecule has 1 atom stereocenters. The molecule has 8 heteroatoms. The molecule has 0 bridgehead atoms. The fraction of sp³-hybridized carbons (Fsp3) is 0.514. The number of ether oxygens (including phenoxy) is 2. The Bertz CT molecular complexity index is 1380. The summed E-state index contributed by atoms with van der Waals surface area (Å²) in [4.78, 5) is 1.48. The third-order valence-electron chi connectivity index (χ3n) is 10.1. The molecular weight excluding hydrogens is 580 g/mol. The van der Waals surface area contributed by atoms with Gasteiger partial charge in [0, 0.05) is 24.2 Å². The molecule has 6 rings (SSSR count). The molecule has 4 nitrogen and oxygen atoms in total. The number of nitrogens with one attached hydrogen (secondary N) is 1. The van der Waals surface area contributed by atoms with Crippen molar-refractivity contribution in [2.75, 3.05) is 26.2 Å². The van der Waals surface area contributed by atoms with Crippen molar-refractivity contribution >= 4 is 0 Å². The maximum atomic E-state index is 15.9. The van der Waals surface area contributed by atoms with Crippen LogP contribution in [0.4, 0.5) is 17.6 Å². The highest BCUT2D eigenvalue weighted by molar-refractivity contribution is 5.46. The molecule has 0 aromatic heterocycles. The Balaban J connectivity index is 1.19. The van der Waals surface area contributed by atoms with Crippen LogP contribution in [0.1, 0.15) is 86.1 Å². The van der Waals surface area contributed by atoms with Crippen molar-refractivity contribution in [3.63, 3.8) is 0 Å². The number of fused-ring (bicyclic) bond motifs is 1. The molecule has 3 aromatic rings. The molecule has 2 heterocycles. The third kappa shape index (κ3) is 7.83. The molecule has 1 N–H and O–H groups in total. The van der Waals surface area contributed by atoms with Crippen LogP contribution in [0.3, 0.4) is 0 Å². The predicted octanol–water partition coefficient (Wildman–Crippen LogP) is 8.62. The number of nitrogens with zero attached hydrogens (tertiary/aromatic N) is 1. The monoisotopic (exact) mass is 624 g/mol. The van der Waals surface area contributed by atoms with Gasteiger partial charge in [-0.2, -0.15) is 0 Å². The molecule has 45 heavy (non-hydrogen) atoms. The molecule has 1 saturated heterocycles. The van der Waals surface area contributed by atoms with Gasteiger partial charge in [0.05, 0.1) is 18.7 Å². The maximum Gasteiger partial charge on any atom is 0.251 e. The van der Waals surface area contributed by atoms with Crippen LogP contribution in [-0.4, -0.2) is 43.6 Å². The molecule has 0 radical (unpaired) electrons. The molecular formula is C37H44F4N2O2. The number of alkyl halides is 2. The lowest BCUT2D eigenvalue weighted by molar-refractivity contribution is 0.0684. The molecule has 1 unspecified atom stereocenters. The summed E-state index contributed by atoms with van der Waals surface area (Å²) in [5.74, 6) is -0.762. The van der Waals surface area contributed by atoms with Gasteiger partial charge in [0.15, 0.2) is 0 Å². The summed E-state index contributed by atoms with van der Waals surface area (Å²) in [6.45, 7) is 2.23. The molecule has 1 spiro atoms. The van der Waals surface area contributed by atoms with Gasteiger partial charge in [-0.3, -0.25) is 4.90 Å². The first kappa shape index (κ1) is 31.9. The Morgan fingerprint density at radius 1 is 0.844 bits per heavy atom. The molecule has 3 aliphatic rings. The summed E-state index contributed by atoms with van der Waals surface area (Å²) in [5.41, 5.74) is 2.66. The van der Waals surface area contributed by atoms with E-state index in [4.69, 9.17) is 9.47 Å². The minimum Gasteiger partial charge on any atom is -0.490 e. The SMILES string of the molecule is Fc1cc(OC2CCCC3(CCCNCC3)CCC2)cc(F)c1C1c2ccc(OCc3ccccc3)cc2CCN1CC(F)F. The maximum absolute atomic E-state index is 15.9. The first-order chi connectivity index (χ1) is 21.9. The Morgan fingerprint density at radius 3 is 2.31 bits per heavy atom. The Morgan fingerprint density at radius 2 is 1.58 bits per heavy atom. The summed E-state index contributed by atoms with van der Waals surface area (Å²) in [6, 6.07) is 16.6. The zero-order valence-electron chi connectivity index (χ0n) is 25.9. The van der Waals surface area contributed by atoms with Gasteiger partial charge in [-0.05, 0) is 112 Å². The summed E-state index contributed by atoms with van der Waals surface area (Å²) in [6.07, 6.45) is 7.54. The minimum atomic E-state index is -2.64. The van der Waals surface area contributed by atoms with E-state index < -0.39 is 30.6 Å². The average Bonchev–Trinajstić information content (AvgIpc) is 3.25. The molecule has 1 aliphatic carbocycles. The fourth-order valence-electron chi connectivity index (χ4n) is 7.77. The summed E-state index contributed by atoms with van der Waals surface area (Å²) < 4.78 is 71.3. The van der Waals surface area contributed by atoms with Crippen LogP contribution < -0.4 is 14.8 Å². The van der Waals surface area contributed by atoms with Crippen molar-refractivity contribution in [3.8, 4) is 11.5 Å². The van der Waals surface area contributed by atoms with Crippen LogP contribution in [0.15, 0.2) is 60.7 Å². The third-order valence-corrected chi connectivity index (χ3v) is 10.1. The Labute approximate surface area is 264 Å². The Kier molecular flexibility index (Phi) is 10.3. The zero-order chi connectivity index (χ0) is 31.2. The van der Waals surface area contributed by atoms with Gasteiger partial charge in [-0.25, -0.2) is 17.6 Å². The molecule has 242 valence electrons. The van der Waals surface area contributed by atoms with E-state index in [9.17, 15) is 8.78 Å². The zero-order valence-corrected chi connectivity index (χ0v) is 25.9. The molecule has 1 saturated carbocycles. The molecule has 2 aliphatic heterocycles. The van der Waals surface area contributed by atoms with E-state index in [-0.39, 0.29) is 24.0 Å². The van der Waals surface area contributed by atoms with Gasteiger partial charge in [-0.1, -0.05) is 36.4 Å². The average molecular weight is 625 g/mol.